The molecule has 0 bridgehead atoms. The van der Waals surface area contributed by atoms with E-state index in [2.05, 4.69) is 15.5 Å². The lowest BCUT2D eigenvalue weighted by molar-refractivity contribution is 0.0940. The van der Waals surface area contributed by atoms with Crippen molar-refractivity contribution in [2.24, 2.45) is 5.92 Å². The fourth-order valence-corrected chi connectivity index (χ4v) is 4.12. The van der Waals surface area contributed by atoms with Gasteiger partial charge in [0, 0.05) is 36.3 Å². The minimum Gasteiger partial charge on any atom is -0.496 e. The summed E-state index contributed by atoms with van der Waals surface area (Å²) in [5, 5.41) is 6.77. The summed E-state index contributed by atoms with van der Waals surface area (Å²) in [7, 11) is 1.49. The molecule has 0 saturated carbocycles. The maximum Gasteiger partial charge on any atom is 0.255 e. The number of carbonyl (C=O) groups excluding carboxylic acids is 2. The molecule has 1 fully saturated rings. The van der Waals surface area contributed by atoms with E-state index in [4.69, 9.17) is 33.7 Å². The minimum absolute atomic E-state index is 0.118. The Kier molecular flexibility index (Phi) is 8.61. The molecule has 0 radical (unpaired) electrons. The molecule has 0 aromatic heterocycles. The molecule has 1 aliphatic heterocycles. The van der Waals surface area contributed by atoms with Gasteiger partial charge in [0.25, 0.3) is 11.8 Å². The van der Waals surface area contributed by atoms with E-state index in [1.54, 1.807) is 30.3 Å². The Morgan fingerprint density at radius 1 is 1.19 bits per heavy atom. The van der Waals surface area contributed by atoms with Crippen LogP contribution in [0, 0.1) is 5.92 Å². The smallest absolute Gasteiger partial charge is 0.255 e. The Hall–Kier alpha value is -2.48. The summed E-state index contributed by atoms with van der Waals surface area (Å²) < 4.78 is 5.25. The number of likely N-dealkylation sites (tertiary alicyclic amines) is 1. The SMILES string of the molecule is COc1cc(N)c(Cl)cc1C(=O)NCC1CCN(CCCNC(=O)c2cccc(Cl)c2)C1. The molecule has 0 aliphatic carbocycles. The van der Waals surface area contributed by atoms with E-state index in [0.29, 0.717) is 51.6 Å². The van der Waals surface area contributed by atoms with Gasteiger partial charge in [-0.15, -0.1) is 0 Å². The zero-order valence-corrected chi connectivity index (χ0v) is 19.5. The van der Waals surface area contributed by atoms with Crippen LogP contribution < -0.4 is 21.1 Å². The molecule has 172 valence electrons. The van der Waals surface area contributed by atoms with Crippen LogP contribution in [0.1, 0.15) is 33.6 Å². The number of nitrogens with zero attached hydrogens (tertiary/aromatic N) is 1. The zero-order valence-electron chi connectivity index (χ0n) is 18.0. The Bertz CT molecular complexity index is 970. The van der Waals surface area contributed by atoms with E-state index in [0.717, 1.165) is 32.5 Å². The van der Waals surface area contributed by atoms with Crippen LogP contribution in [0.3, 0.4) is 0 Å². The highest BCUT2D eigenvalue weighted by atomic mass is 35.5. The van der Waals surface area contributed by atoms with Crippen LogP contribution in [0.15, 0.2) is 36.4 Å². The molecule has 0 spiro atoms. The van der Waals surface area contributed by atoms with Crippen molar-refractivity contribution in [3.8, 4) is 5.75 Å². The number of nitrogen functional groups attached to an aromatic ring is 1. The highest BCUT2D eigenvalue weighted by Gasteiger charge is 2.23. The average molecular weight is 479 g/mol. The maximum absolute atomic E-state index is 12.6. The predicted octanol–water partition coefficient (Wildman–Crippen LogP) is 3.46. The molecule has 2 aromatic rings. The normalized spacial score (nSPS) is 16.0. The molecule has 1 atom stereocenters. The lowest BCUT2D eigenvalue weighted by Gasteiger charge is -2.17. The van der Waals surface area contributed by atoms with Gasteiger partial charge in [-0.05, 0) is 56.1 Å². The third-order valence-electron chi connectivity index (χ3n) is 5.51. The number of hydrogen-bond acceptors (Lipinski definition) is 5. The molecule has 32 heavy (non-hydrogen) atoms. The van der Waals surface area contributed by atoms with Gasteiger partial charge in [0.05, 0.1) is 23.4 Å². The Balaban J connectivity index is 1.37. The number of nitrogens with one attached hydrogen (secondary N) is 2. The summed E-state index contributed by atoms with van der Waals surface area (Å²) >= 11 is 12.0. The minimum atomic E-state index is -0.231. The zero-order chi connectivity index (χ0) is 23.1. The van der Waals surface area contributed by atoms with E-state index in [-0.39, 0.29) is 11.8 Å². The van der Waals surface area contributed by atoms with E-state index in [9.17, 15) is 9.59 Å². The van der Waals surface area contributed by atoms with Crippen molar-refractivity contribution in [1.29, 1.82) is 0 Å². The van der Waals surface area contributed by atoms with E-state index < -0.39 is 0 Å². The van der Waals surface area contributed by atoms with Gasteiger partial charge in [-0.2, -0.15) is 0 Å². The Morgan fingerprint density at radius 3 is 2.75 bits per heavy atom. The van der Waals surface area contributed by atoms with E-state index in [1.165, 1.54) is 13.2 Å². The fraction of sp³-hybridized carbons (Fsp3) is 0.391. The summed E-state index contributed by atoms with van der Waals surface area (Å²) in [6.07, 6.45) is 1.86. The van der Waals surface area contributed by atoms with Crippen molar-refractivity contribution in [2.75, 3.05) is 45.6 Å². The number of amides is 2. The van der Waals surface area contributed by atoms with Gasteiger partial charge in [0.15, 0.2) is 0 Å². The summed E-state index contributed by atoms with van der Waals surface area (Å²) in [4.78, 5) is 27.1. The second-order valence-electron chi connectivity index (χ2n) is 7.86. The Labute approximate surface area is 198 Å². The summed E-state index contributed by atoms with van der Waals surface area (Å²) in [6.45, 7) is 3.94. The molecule has 2 amide bonds. The number of carbonyl (C=O) groups is 2. The number of benzene rings is 2. The van der Waals surface area contributed by atoms with Gasteiger partial charge >= 0.3 is 0 Å². The highest BCUT2D eigenvalue weighted by molar-refractivity contribution is 6.33. The number of anilines is 1. The first-order chi connectivity index (χ1) is 15.4. The van der Waals surface area contributed by atoms with Crippen molar-refractivity contribution in [3.05, 3.63) is 57.6 Å². The van der Waals surface area contributed by atoms with Gasteiger partial charge in [0.2, 0.25) is 0 Å². The fourth-order valence-electron chi connectivity index (χ4n) is 3.77. The molecule has 3 rings (SSSR count). The molecular formula is C23H28Cl2N4O3. The van der Waals surface area contributed by atoms with Gasteiger partial charge in [-0.3, -0.25) is 9.59 Å². The summed E-state index contributed by atoms with van der Waals surface area (Å²) in [5.74, 6) is 0.422. The second-order valence-corrected chi connectivity index (χ2v) is 8.70. The van der Waals surface area contributed by atoms with E-state index >= 15 is 0 Å². The molecule has 1 aliphatic rings. The molecule has 7 nitrogen and oxygen atoms in total. The topological polar surface area (TPSA) is 96.7 Å². The first-order valence-electron chi connectivity index (χ1n) is 10.5. The first kappa shape index (κ1) is 24.2. The van der Waals surface area contributed by atoms with Crippen molar-refractivity contribution in [1.82, 2.24) is 15.5 Å². The van der Waals surface area contributed by atoms with Crippen LogP contribution >= 0.6 is 23.2 Å². The highest BCUT2D eigenvalue weighted by Crippen LogP contribution is 2.29. The molecule has 1 unspecified atom stereocenters. The van der Waals surface area contributed by atoms with Gasteiger partial charge in [-0.1, -0.05) is 29.3 Å². The number of methoxy groups -OCH3 is 1. The Morgan fingerprint density at radius 2 is 2.00 bits per heavy atom. The van der Waals surface area contributed by atoms with Crippen LogP contribution in [0.5, 0.6) is 5.75 Å². The number of hydrogen-bond donors (Lipinski definition) is 3. The third kappa shape index (κ3) is 6.51. The van der Waals surface area contributed by atoms with Gasteiger partial charge < -0.3 is 26.0 Å². The first-order valence-corrected chi connectivity index (χ1v) is 11.3. The van der Waals surface area contributed by atoms with Crippen LogP contribution in [0.4, 0.5) is 5.69 Å². The van der Waals surface area contributed by atoms with Crippen LogP contribution in [-0.4, -0.2) is 56.5 Å². The standard InChI is InChI=1S/C23H28Cl2N4O3/c1-32-21-12-20(26)19(25)11-18(21)23(31)28-13-15-6-9-29(14-15)8-3-7-27-22(30)16-4-2-5-17(24)10-16/h2,4-5,10-12,15H,3,6-9,13-14,26H2,1H3,(H,27,30)(H,28,31). The quantitative estimate of drug-likeness (QED) is 0.378. The van der Waals surface area contributed by atoms with Crippen molar-refractivity contribution in [3.63, 3.8) is 0 Å². The van der Waals surface area contributed by atoms with Crippen molar-refractivity contribution >= 4 is 40.7 Å². The van der Waals surface area contributed by atoms with Gasteiger partial charge in [-0.25, -0.2) is 0 Å². The molecule has 1 heterocycles. The van der Waals surface area contributed by atoms with Crippen molar-refractivity contribution < 1.29 is 14.3 Å². The van der Waals surface area contributed by atoms with Gasteiger partial charge in [0.1, 0.15) is 5.75 Å². The number of rotatable bonds is 9. The predicted molar refractivity (Wildman–Crippen MR) is 128 cm³/mol. The number of ether oxygens (including phenoxy) is 1. The van der Waals surface area contributed by atoms with Crippen LogP contribution in [-0.2, 0) is 0 Å². The van der Waals surface area contributed by atoms with Crippen LogP contribution in [0.2, 0.25) is 10.0 Å². The molecule has 1 saturated heterocycles. The van der Waals surface area contributed by atoms with Crippen molar-refractivity contribution in [2.45, 2.75) is 12.8 Å². The molecular weight excluding hydrogens is 451 g/mol. The maximum atomic E-state index is 12.6. The number of halogens is 2. The lowest BCUT2D eigenvalue weighted by atomic mass is 10.1. The molecule has 4 N–H and O–H groups in total. The largest absolute Gasteiger partial charge is 0.496 e. The molecule has 2 aromatic carbocycles. The van der Waals surface area contributed by atoms with E-state index in [1.807, 2.05) is 0 Å². The molecule has 9 heteroatoms. The second kappa shape index (κ2) is 11.4. The number of nitrogens with two attached hydrogens (primary N) is 1. The van der Waals surface area contributed by atoms with Crippen LogP contribution in [0.25, 0.3) is 0 Å². The summed E-state index contributed by atoms with van der Waals surface area (Å²) in [5.41, 5.74) is 7.08. The monoisotopic (exact) mass is 478 g/mol. The summed E-state index contributed by atoms with van der Waals surface area (Å²) in [6, 6.07) is 9.99. The average Bonchev–Trinajstić information content (AvgIpc) is 3.24. The third-order valence-corrected chi connectivity index (χ3v) is 6.07. The lowest BCUT2D eigenvalue weighted by Crippen LogP contribution is -2.32.